The Bertz CT molecular complexity index is 152. The molecule has 0 atom stereocenters. The summed E-state index contributed by atoms with van der Waals surface area (Å²) in [7, 11) is 0. The van der Waals surface area contributed by atoms with Crippen LogP contribution in [-0.2, 0) is 14.3 Å². The van der Waals surface area contributed by atoms with E-state index in [-0.39, 0.29) is 13.2 Å². The minimum Gasteiger partial charge on any atom is -0.477 e. The van der Waals surface area contributed by atoms with Crippen molar-refractivity contribution in [2.45, 2.75) is 6.29 Å². The minimum atomic E-state index is -1.24. The molecule has 0 aliphatic heterocycles. The molecule has 0 saturated heterocycles. The van der Waals surface area contributed by atoms with Gasteiger partial charge in [-0.3, -0.25) is 0 Å². The molecule has 0 aromatic heterocycles. The van der Waals surface area contributed by atoms with E-state index < -0.39 is 12.3 Å². The molecule has 0 radical (unpaired) electrons. The molecule has 0 amide bonds. The number of hydrogen-bond donors (Lipinski definition) is 1. The summed E-state index contributed by atoms with van der Waals surface area (Å²) < 4.78 is 9.53. The van der Waals surface area contributed by atoms with Crippen molar-refractivity contribution >= 4 is 5.97 Å². The van der Waals surface area contributed by atoms with Gasteiger partial charge in [-0.25, -0.2) is 4.79 Å². The van der Waals surface area contributed by atoms with Gasteiger partial charge < -0.3 is 14.6 Å². The SMILES string of the molecule is C=CCOC(OCC=C)C(=O)O. The summed E-state index contributed by atoms with van der Waals surface area (Å²) in [6, 6.07) is 0. The van der Waals surface area contributed by atoms with Crippen LogP contribution < -0.4 is 0 Å². The van der Waals surface area contributed by atoms with E-state index in [1.165, 1.54) is 12.2 Å². The third kappa shape index (κ3) is 4.65. The van der Waals surface area contributed by atoms with Crippen molar-refractivity contribution in [2.75, 3.05) is 13.2 Å². The van der Waals surface area contributed by atoms with Crippen molar-refractivity contribution in [3.8, 4) is 0 Å². The third-order valence-corrected chi connectivity index (χ3v) is 0.933. The molecule has 0 aromatic carbocycles. The van der Waals surface area contributed by atoms with Crippen LogP contribution >= 0.6 is 0 Å². The molecular formula is C8H12O4. The predicted molar refractivity (Wildman–Crippen MR) is 43.7 cm³/mol. The van der Waals surface area contributed by atoms with Crippen molar-refractivity contribution in [3.05, 3.63) is 25.3 Å². The lowest BCUT2D eigenvalue weighted by Crippen LogP contribution is -2.27. The van der Waals surface area contributed by atoms with Gasteiger partial charge in [0.1, 0.15) is 0 Å². The number of hydrogen-bond acceptors (Lipinski definition) is 3. The standard InChI is InChI=1S/C8H12O4/c1-3-5-11-8(7(9)10)12-6-4-2/h3-4,8H,1-2,5-6H2,(H,9,10). The molecule has 0 spiro atoms. The molecule has 0 rings (SSSR count). The highest BCUT2D eigenvalue weighted by molar-refractivity contribution is 5.70. The van der Waals surface area contributed by atoms with Crippen LogP contribution in [0, 0.1) is 0 Å². The van der Waals surface area contributed by atoms with Crippen molar-refractivity contribution in [3.63, 3.8) is 0 Å². The first-order chi connectivity index (χ1) is 5.72. The van der Waals surface area contributed by atoms with Crippen LogP contribution in [0.2, 0.25) is 0 Å². The second kappa shape index (κ2) is 6.57. The Labute approximate surface area is 71.1 Å². The summed E-state index contributed by atoms with van der Waals surface area (Å²) in [5.74, 6) is -1.15. The average molecular weight is 172 g/mol. The van der Waals surface area contributed by atoms with Gasteiger partial charge in [-0.2, -0.15) is 0 Å². The Hall–Kier alpha value is -1.13. The maximum atomic E-state index is 10.4. The number of ether oxygens (including phenoxy) is 2. The van der Waals surface area contributed by atoms with E-state index >= 15 is 0 Å². The van der Waals surface area contributed by atoms with Crippen LogP contribution in [0.5, 0.6) is 0 Å². The zero-order valence-electron chi connectivity index (χ0n) is 6.73. The summed E-state index contributed by atoms with van der Waals surface area (Å²) in [4.78, 5) is 10.4. The van der Waals surface area contributed by atoms with Crippen molar-refractivity contribution in [1.29, 1.82) is 0 Å². The topological polar surface area (TPSA) is 55.8 Å². The molecule has 4 nitrogen and oxygen atoms in total. The molecule has 0 aromatic rings. The minimum absolute atomic E-state index is 0.147. The molecule has 0 saturated carbocycles. The van der Waals surface area contributed by atoms with E-state index in [2.05, 4.69) is 13.2 Å². The molecule has 12 heavy (non-hydrogen) atoms. The van der Waals surface area contributed by atoms with Gasteiger partial charge in [0, 0.05) is 0 Å². The smallest absolute Gasteiger partial charge is 0.361 e. The number of rotatable bonds is 7. The van der Waals surface area contributed by atoms with Crippen LogP contribution in [0.15, 0.2) is 25.3 Å². The maximum Gasteiger partial charge on any atom is 0.361 e. The Kier molecular flexibility index (Phi) is 5.95. The fourth-order valence-electron chi connectivity index (χ4n) is 0.502. The first-order valence-electron chi connectivity index (χ1n) is 3.40. The number of carbonyl (C=O) groups is 1. The van der Waals surface area contributed by atoms with Gasteiger partial charge in [0.15, 0.2) is 0 Å². The molecule has 0 bridgehead atoms. The maximum absolute atomic E-state index is 10.4. The van der Waals surface area contributed by atoms with Gasteiger partial charge in [0.05, 0.1) is 13.2 Å². The molecule has 1 N–H and O–H groups in total. The van der Waals surface area contributed by atoms with Crippen molar-refractivity contribution < 1.29 is 19.4 Å². The fraction of sp³-hybridized carbons (Fsp3) is 0.375. The summed E-state index contributed by atoms with van der Waals surface area (Å²) in [6.45, 7) is 7.05. The number of carboxylic acid groups (broad SMARTS) is 1. The normalized spacial score (nSPS) is 9.75. The third-order valence-electron chi connectivity index (χ3n) is 0.933. The van der Waals surface area contributed by atoms with E-state index in [0.29, 0.717) is 0 Å². The monoisotopic (exact) mass is 172 g/mol. The summed E-state index contributed by atoms with van der Waals surface area (Å²) in [6.07, 6.45) is 1.67. The zero-order chi connectivity index (χ0) is 9.40. The van der Waals surface area contributed by atoms with Gasteiger partial charge in [-0.15, -0.1) is 13.2 Å². The quantitative estimate of drug-likeness (QED) is 0.456. The zero-order valence-corrected chi connectivity index (χ0v) is 6.73. The highest BCUT2D eigenvalue weighted by Gasteiger charge is 2.16. The second-order valence-corrected chi connectivity index (χ2v) is 1.91. The highest BCUT2D eigenvalue weighted by atomic mass is 16.7. The number of aliphatic carboxylic acids is 1. The van der Waals surface area contributed by atoms with E-state index in [4.69, 9.17) is 14.6 Å². The van der Waals surface area contributed by atoms with Gasteiger partial charge in [-0.1, -0.05) is 12.2 Å². The van der Waals surface area contributed by atoms with Gasteiger partial charge in [-0.05, 0) is 0 Å². The van der Waals surface area contributed by atoms with Crippen molar-refractivity contribution in [2.24, 2.45) is 0 Å². The molecule has 68 valence electrons. The highest BCUT2D eigenvalue weighted by Crippen LogP contribution is 1.95. The van der Waals surface area contributed by atoms with Gasteiger partial charge >= 0.3 is 5.97 Å². The van der Waals surface area contributed by atoms with E-state index in [1.807, 2.05) is 0 Å². The molecular weight excluding hydrogens is 160 g/mol. The molecule has 0 unspecified atom stereocenters. The average Bonchev–Trinajstić information content (AvgIpc) is 2.04. The van der Waals surface area contributed by atoms with E-state index in [9.17, 15) is 4.79 Å². The second-order valence-electron chi connectivity index (χ2n) is 1.91. The Morgan fingerprint density at radius 1 is 1.33 bits per heavy atom. The Balaban J connectivity index is 3.77. The summed E-state index contributed by atoms with van der Waals surface area (Å²) in [5.41, 5.74) is 0. The van der Waals surface area contributed by atoms with Gasteiger partial charge in [0.2, 0.25) is 0 Å². The first-order valence-corrected chi connectivity index (χ1v) is 3.40. The molecule has 0 heterocycles. The molecule has 0 fully saturated rings. The lowest BCUT2D eigenvalue weighted by atomic mass is 10.6. The van der Waals surface area contributed by atoms with Crippen LogP contribution in [0.25, 0.3) is 0 Å². The van der Waals surface area contributed by atoms with Crippen LogP contribution in [0.4, 0.5) is 0 Å². The van der Waals surface area contributed by atoms with E-state index in [0.717, 1.165) is 0 Å². The predicted octanol–water partition coefficient (Wildman–Crippen LogP) is 0.802. The Morgan fingerprint density at radius 3 is 2.00 bits per heavy atom. The lowest BCUT2D eigenvalue weighted by molar-refractivity contribution is -0.184. The number of carboxylic acids is 1. The van der Waals surface area contributed by atoms with Crippen molar-refractivity contribution in [1.82, 2.24) is 0 Å². The molecule has 0 aliphatic rings. The van der Waals surface area contributed by atoms with Crippen LogP contribution in [0.3, 0.4) is 0 Å². The molecule has 0 aliphatic carbocycles. The summed E-state index contributed by atoms with van der Waals surface area (Å²) >= 11 is 0. The Morgan fingerprint density at radius 2 is 1.75 bits per heavy atom. The van der Waals surface area contributed by atoms with Crippen LogP contribution in [0.1, 0.15) is 0 Å². The molecule has 4 heteroatoms. The van der Waals surface area contributed by atoms with Gasteiger partial charge in [0.25, 0.3) is 6.29 Å². The largest absolute Gasteiger partial charge is 0.477 e. The van der Waals surface area contributed by atoms with E-state index in [1.54, 1.807) is 0 Å². The fourth-order valence-corrected chi connectivity index (χ4v) is 0.502. The summed E-state index contributed by atoms with van der Waals surface area (Å²) in [5, 5.41) is 8.51. The lowest BCUT2D eigenvalue weighted by Gasteiger charge is -2.11. The first kappa shape index (κ1) is 10.9. The van der Waals surface area contributed by atoms with Crippen LogP contribution in [-0.4, -0.2) is 30.6 Å².